The SMILES string of the molecule is COCC(=O)c1ccc(C=O)cc1. The summed E-state index contributed by atoms with van der Waals surface area (Å²) in [6.45, 7) is 0.0699. The van der Waals surface area contributed by atoms with Crippen molar-refractivity contribution < 1.29 is 14.3 Å². The van der Waals surface area contributed by atoms with Gasteiger partial charge in [-0.1, -0.05) is 24.3 Å². The van der Waals surface area contributed by atoms with Gasteiger partial charge < -0.3 is 4.74 Å². The van der Waals surface area contributed by atoms with Crippen molar-refractivity contribution in [2.45, 2.75) is 0 Å². The second-order valence-corrected chi connectivity index (χ2v) is 2.60. The molecule has 0 unspecified atom stereocenters. The highest BCUT2D eigenvalue weighted by atomic mass is 16.5. The van der Waals surface area contributed by atoms with Crippen LogP contribution in [-0.4, -0.2) is 25.8 Å². The molecule has 0 amide bonds. The maximum Gasteiger partial charge on any atom is 0.188 e. The van der Waals surface area contributed by atoms with Gasteiger partial charge in [0.05, 0.1) is 0 Å². The first-order valence-corrected chi connectivity index (χ1v) is 3.85. The van der Waals surface area contributed by atoms with E-state index in [4.69, 9.17) is 4.74 Å². The quantitative estimate of drug-likeness (QED) is 0.516. The van der Waals surface area contributed by atoms with Gasteiger partial charge in [0, 0.05) is 18.2 Å². The van der Waals surface area contributed by atoms with Crippen molar-refractivity contribution >= 4 is 12.1 Å². The predicted octanol–water partition coefficient (Wildman–Crippen LogP) is 1.33. The summed E-state index contributed by atoms with van der Waals surface area (Å²) in [5.74, 6) is -0.0834. The molecule has 0 spiro atoms. The lowest BCUT2D eigenvalue weighted by Gasteiger charge is -1.98. The van der Waals surface area contributed by atoms with Crippen LogP contribution in [0, 0.1) is 0 Å². The van der Waals surface area contributed by atoms with Gasteiger partial charge in [-0.2, -0.15) is 0 Å². The molecule has 1 aromatic carbocycles. The summed E-state index contributed by atoms with van der Waals surface area (Å²) < 4.78 is 4.70. The molecule has 0 bridgehead atoms. The largest absolute Gasteiger partial charge is 0.377 e. The smallest absolute Gasteiger partial charge is 0.188 e. The molecule has 0 N–H and O–H groups in total. The summed E-state index contributed by atoms with van der Waals surface area (Å²) in [4.78, 5) is 21.5. The number of hydrogen-bond acceptors (Lipinski definition) is 3. The maximum absolute atomic E-state index is 11.2. The monoisotopic (exact) mass is 178 g/mol. The number of benzene rings is 1. The van der Waals surface area contributed by atoms with Gasteiger partial charge in [-0.05, 0) is 0 Å². The summed E-state index contributed by atoms with van der Waals surface area (Å²) in [6.07, 6.45) is 0.741. The molecular formula is C10H10O3. The van der Waals surface area contributed by atoms with Gasteiger partial charge in [0.1, 0.15) is 12.9 Å². The number of ether oxygens (including phenoxy) is 1. The van der Waals surface area contributed by atoms with E-state index in [0.717, 1.165) is 6.29 Å². The third-order valence-corrected chi connectivity index (χ3v) is 1.64. The van der Waals surface area contributed by atoms with Crippen LogP contribution in [0.4, 0.5) is 0 Å². The van der Waals surface area contributed by atoms with Crippen LogP contribution in [-0.2, 0) is 4.74 Å². The number of rotatable bonds is 4. The summed E-state index contributed by atoms with van der Waals surface area (Å²) in [5.41, 5.74) is 1.13. The van der Waals surface area contributed by atoms with E-state index in [9.17, 15) is 9.59 Å². The fourth-order valence-electron chi connectivity index (χ4n) is 0.962. The molecule has 0 aliphatic rings. The normalized spacial score (nSPS) is 9.62. The van der Waals surface area contributed by atoms with Crippen molar-refractivity contribution in [3.8, 4) is 0 Å². The molecular weight excluding hydrogens is 168 g/mol. The van der Waals surface area contributed by atoms with Crippen LogP contribution < -0.4 is 0 Å². The van der Waals surface area contributed by atoms with Crippen molar-refractivity contribution in [3.05, 3.63) is 35.4 Å². The standard InChI is InChI=1S/C10H10O3/c1-13-7-10(12)9-4-2-8(6-11)3-5-9/h2-6H,7H2,1H3. The number of Topliss-reactive ketones (excluding diaryl/α,β-unsaturated/α-hetero) is 1. The van der Waals surface area contributed by atoms with E-state index in [0.29, 0.717) is 11.1 Å². The van der Waals surface area contributed by atoms with E-state index in [-0.39, 0.29) is 12.4 Å². The molecule has 0 atom stereocenters. The van der Waals surface area contributed by atoms with E-state index >= 15 is 0 Å². The van der Waals surface area contributed by atoms with E-state index in [1.165, 1.54) is 7.11 Å². The van der Waals surface area contributed by atoms with E-state index in [1.54, 1.807) is 24.3 Å². The van der Waals surface area contributed by atoms with Gasteiger partial charge in [-0.3, -0.25) is 9.59 Å². The van der Waals surface area contributed by atoms with Gasteiger partial charge >= 0.3 is 0 Å². The van der Waals surface area contributed by atoms with Crippen molar-refractivity contribution in [2.75, 3.05) is 13.7 Å². The molecule has 0 radical (unpaired) electrons. The molecule has 0 saturated carbocycles. The van der Waals surface area contributed by atoms with Crippen LogP contribution in [0.3, 0.4) is 0 Å². The maximum atomic E-state index is 11.2. The fraction of sp³-hybridized carbons (Fsp3) is 0.200. The lowest BCUT2D eigenvalue weighted by Crippen LogP contribution is -2.06. The zero-order valence-corrected chi connectivity index (χ0v) is 7.32. The molecule has 0 aliphatic carbocycles. The van der Waals surface area contributed by atoms with Crippen LogP contribution >= 0.6 is 0 Å². The lowest BCUT2D eigenvalue weighted by molar-refractivity contribution is 0.0847. The highest BCUT2D eigenvalue weighted by Gasteiger charge is 2.03. The number of carbonyl (C=O) groups excluding carboxylic acids is 2. The number of ketones is 1. The second kappa shape index (κ2) is 4.52. The van der Waals surface area contributed by atoms with Gasteiger partial charge in [-0.15, -0.1) is 0 Å². The Balaban J connectivity index is 2.79. The van der Waals surface area contributed by atoms with Crippen molar-refractivity contribution in [1.29, 1.82) is 0 Å². The Morgan fingerprint density at radius 1 is 1.38 bits per heavy atom. The molecule has 13 heavy (non-hydrogen) atoms. The molecule has 0 fully saturated rings. The second-order valence-electron chi connectivity index (χ2n) is 2.60. The molecule has 0 heterocycles. The zero-order valence-electron chi connectivity index (χ0n) is 7.32. The summed E-state index contributed by atoms with van der Waals surface area (Å²) >= 11 is 0. The van der Waals surface area contributed by atoms with Crippen LogP contribution in [0.5, 0.6) is 0 Å². The molecule has 3 nitrogen and oxygen atoms in total. The Kier molecular flexibility index (Phi) is 3.34. The average Bonchev–Trinajstić information content (AvgIpc) is 2.18. The van der Waals surface area contributed by atoms with Gasteiger partial charge in [0.2, 0.25) is 0 Å². The summed E-state index contributed by atoms with van der Waals surface area (Å²) in [7, 11) is 1.47. The number of aldehydes is 1. The van der Waals surface area contributed by atoms with Gasteiger partial charge in [-0.25, -0.2) is 0 Å². The number of carbonyl (C=O) groups is 2. The van der Waals surface area contributed by atoms with Gasteiger partial charge in [0.25, 0.3) is 0 Å². The van der Waals surface area contributed by atoms with Crippen LogP contribution in [0.15, 0.2) is 24.3 Å². The number of hydrogen-bond donors (Lipinski definition) is 0. The third kappa shape index (κ3) is 2.49. The van der Waals surface area contributed by atoms with Crippen LogP contribution in [0.25, 0.3) is 0 Å². The summed E-state index contributed by atoms with van der Waals surface area (Å²) in [6, 6.07) is 6.45. The van der Waals surface area contributed by atoms with E-state index < -0.39 is 0 Å². The average molecular weight is 178 g/mol. The summed E-state index contributed by atoms with van der Waals surface area (Å²) in [5, 5.41) is 0. The lowest BCUT2D eigenvalue weighted by atomic mass is 10.1. The minimum atomic E-state index is -0.0834. The number of methoxy groups -OCH3 is 1. The minimum Gasteiger partial charge on any atom is -0.377 e. The molecule has 1 rings (SSSR count). The Hall–Kier alpha value is -1.48. The molecule has 0 aromatic heterocycles. The highest BCUT2D eigenvalue weighted by molar-refractivity contribution is 5.97. The molecule has 1 aromatic rings. The van der Waals surface area contributed by atoms with Gasteiger partial charge in [0.15, 0.2) is 5.78 Å². The van der Waals surface area contributed by atoms with Crippen molar-refractivity contribution in [3.63, 3.8) is 0 Å². The first-order valence-electron chi connectivity index (χ1n) is 3.85. The first-order chi connectivity index (χ1) is 6.27. The minimum absolute atomic E-state index is 0.0699. The van der Waals surface area contributed by atoms with Crippen molar-refractivity contribution in [2.24, 2.45) is 0 Å². The van der Waals surface area contributed by atoms with Crippen LogP contribution in [0.2, 0.25) is 0 Å². The Morgan fingerprint density at radius 3 is 2.46 bits per heavy atom. The molecule has 0 saturated heterocycles. The predicted molar refractivity (Wildman–Crippen MR) is 48.0 cm³/mol. The highest BCUT2D eigenvalue weighted by Crippen LogP contribution is 2.03. The van der Waals surface area contributed by atoms with Crippen molar-refractivity contribution in [1.82, 2.24) is 0 Å². The third-order valence-electron chi connectivity index (χ3n) is 1.64. The van der Waals surface area contributed by atoms with Crippen LogP contribution in [0.1, 0.15) is 20.7 Å². The molecule has 68 valence electrons. The van der Waals surface area contributed by atoms with E-state index in [1.807, 2.05) is 0 Å². The first kappa shape index (κ1) is 9.61. The topological polar surface area (TPSA) is 43.4 Å². The Bertz CT molecular complexity index is 300. The fourth-order valence-corrected chi connectivity index (χ4v) is 0.962. The Labute approximate surface area is 76.3 Å². The molecule has 3 heteroatoms. The zero-order chi connectivity index (χ0) is 9.68. The molecule has 0 aliphatic heterocycles. The van der Waals surface area contributed by atoms with E-state index in [2.05, 4.69) is 0 Å². The Morgan fingerprint density at radius 2 is 2.00 bits per heavy atom.